The molecule has 0 aromatic carbocycles. The molecule has 0 spiro atoms. The normalized spacial score (nSPS) is 13.3. The number of carbonyl (C=O) groups is 2. The highest BCUT2D eigenvalue weighted by molar-refractivity contribution is 5.72. The van der Waals surface area contributed by atoms with Gasteiger partial charge in [-0.2, -0.15) is 0 Å². The van der Waals surface area contributed by atoms with Gasteiger partial charge in [-0.05, 0) is 77.0 Å². The highest BCUT2D eigenvalue weighted by atomic mass is 16.5. The van der Waals surface area contributed by atoms with Gasteiger partial charge in [0.25, 0.3) is 0 Å². The fourth-order valence-corrected chi connectivity index (χ4v) is 5.42. The Morgan fingerprint density at radius 1 is 0.600 bits per heavy atom. The molecule has 0 bridgehead atoms. The largest absolute Gasteiger partial charge is 0.481 e. The third-order valence-electron chi connectivity index (χ3n) is 8.32. The maximum absolute atomic E-state index is 12.7. The van der Waals surface area contributed by atoms with Crippen molar-refractivity contribution in [3.8, 4) is 0 Å². The molecule has 0 aliphatic carbocycles. The van der Waals surface area contributed by atoms with E-state index in [9.17, 15) is 14.7 Å². The summed E-state index contributed by atoms with van der Waals surface area (Å²) in [5, 5.41) is 27.3. The summed E-state index contributed by atoms with van der Waals surface area (Å²) < 4.78 is 5.32. The number of rotatable bonds is 34. The summed E-state index contributed by atoms with van der Waals surface area (Å²) in [4.78, 5) is 23.2. The van der Waals surface area contributed by atoms with E-state index >= 15 is 0 Å². The van der Waals surface area contributed by atoms with E-state index < -0.39 is 18.7 Å². The molecule has 0 aliphatic heterocycles. The smallest absolute Gasteiger partial charge is 0.309 e. The maximum atomic E-state index is 12.7. The van der Waals surface area contributed by atoms with E-state index in [1.54, 1.807) is 0 Å². The maximum Gasteiger partial charge on any atom is 0.309 e. The van der Waals surface area contributed by atoms with Crippen LogP contribution in [0.1, 0.15) is 174 Å². The molecule has 0 aromatic rings. The third kappa shape index (κ3) is 33.3. The lowest BCUT2D eigenvalue weighted by Crippen LogP contribution is -2.25. The Labute approximate surface area is 276 Å². The minimum Gasteiger partial charge on any atom is -0.481 e. The molecule has 0 saturated heterocycles. The predicted molar refractivity (Wildman–Crippen MR) is 188 cm³/mol. The predicted octanol–water partition coefficient (Wildman–Crippen LogP) is 10.4. The number of hydrogen-bond donors (Lipinski definition) is 3. The van der Waals surface area contributed by atoms with Crippen LogP contribution in [0.15, 0.2) is 36.5 Å². The molecule has 2 unspecified atom stereocenters. The highest BCUT2D eigenvalue weighted by Crippen LogP contribution is 2.21. The van der Waals surface area contributed by atoms with Crippen LogP contribution in [0.2, 0.25) is 0 Å². The van der Waals surface area contributed by atoms with E-state index in [4.69, 9.17) is 14.9 Å². The van der Waals surface area contributed by atoms with Gasteiger partial charge >= 0.3 is 11.9 Å². The van der Waals surface area contributed by atoms with Gasteiger partial charge in [0, 0.05) is 6.42 Å². The number of aliphatic hydroxyl groups is 2. The van der Waals surface area contributed by atoms with Crippen molar-refractivity contribution in [1.29, 1.82) is 0 Å². The van der Waals surface area contributed by atoms with Gasteiger partial charge in [-0.25, -0.2) is 0 Å². The number of aliphatic hydroxyl groups excluding tert-OH is 2. The molecule has 0 amide bonds. The molecule has 0 fully saturated rings. The van der Waals surface area contributed by atoms with E-state index in [2.05, 4.69) is 43.4 Å². The number of allylic oxidation sites excluding steroid dienone is 6. The molecule has 0 aliphatic rings. The lowest BCUT2D eigenvalue weighted by atomic mass is 9.94. The Kier molecular flexibility index (Phi) is 33.5. The molecule has 0 heterocycles. The van der Waals surface area contributed by atoms with Gasteiger partial charge < -0.3 is 20.1 Å². The van der Waals surface area contributed by atoms with Crippen molar-refractivity contribution in [2.45, 2.75) is 180 Å². The van der Waals surface area contributed by atoms with Crippen molar-refractivity contribution in [3.63, 3.8) is 0 Å². The van der Waals surface area contributed by atoms with Crippen molar-refractivity contribution >= 4 is 11.9 Å². The van der Waals surface area contributed by atoms with Crippen LogP contribution in [0.25, 0.3) is 0 Å². The van der Waals surface area contributed by atoms with Gasteiger partial charge in [-0.3, -0.25) is 9.59 Å². The minimum absolute atomic E-state index is 0.126. The van der Waals surface area contributed by atoms with Crippen LogP contribution >= 0.6 is 0 Å². The van der Waals surface area contributed by atoms with Crippen LogP contribution in [0.4, 0.5) is 0 Å². The molecular formula is C39H70O6. The third-order valence-corrected chi connectivity index (χ3v) is 8.32. The van der Waals surface area contributed by atoms with Crippen molar-refractivity contribution < 1.29 is 29.6 Å². The Bertz CT molecular complexity index is 744. The van der Waals surface area contributed by atoms with Gasteiger partial charge in [0.15, 0.2) is 0 Å². The summed E-state index contributed by atoms with van der Waals surface area (Å²) in [6, 6.07) is 0. The number of aliphatic carboxylic acids is 1. The number of carboxylic acid groups (broad SMARTS) is 1. The van der Waals surface area contributed by atoms with Crippen molar-refractivity contribution in [3.05, 3.63) is 36.5 Å². The summed E-state index contributed by atoms with van der Waals surface area (Å²) in [6.07, 6.45) is 41.1. The zero-order valence-electron chi connectivity index (χ0n) is 29.0. The molecule has 0 saturated carbocycles. The number of carboxylic acids is 1. The molecule has 45 heavy (non-hydrogen) atoms. The fraction of sp³-hybridized carbons (Fsp3) is 0.795. The molecule has 0 aromatic heterocycles. The molecule has 262 valence electrons. The summed E-state index contributed by atoms with van der Waals surface area (Å²) in [5.41, 5.74) is 0. The Morgan fingerprint density at radius 2 is 1.02 bits per heavy atom. The Hall–Kier alpha value is -1.92. The molecule has 6 nitrogen and oxygen atoms in total. The standard InChI is InChI=1S/C39H70O6/c1-2-3-4-5-6-7-8-9-13-16-19-22-25-28-31-36(39(44)45-35-37(41)34-40)32-29-26-23-20-17-14-11-10-12-15-18-21-24-27-30-33-38(42)43/h9-10,12-14,17,36-37,40-41H,2-8,11,15-16,18-35H2,1H3,(H,42,43). The summed E-state index contributed by atoms with van der Waals surface area (Å²) in [6.45, 7) is 1.73. The van der Waals surface area contributed by atoms with Crippen molar-refractivity contribution in [1.82, 2.24) is 0 Å². The second-order valence-corrected chi connectivity index (χ2v) is 12.7. The van der Waals surface area contributed by atoms with Crippen molar-refractivity contribution in [2.24, 2.45) is 5.92 Å². The first kappa shape index (κ1) is 43.1. The van der Waals surface area contributed by atoms with Crippen LogP contribution < -0.4 is 0 Å². The molecule has 0 rings (SSSR count). The minimum atomic E-state index is -1.01. The SMILES string of the molecule is CCCCCCCCC=CCCCCCCC(CCCCCC=CCC=CCCCCCCCC(=O)O)C(=O)OCC(O)CO. The van der Waals surface area contributed by atoms with Gasteiger partial charge in [0.2, 0.25) is 0 Å². The number of hydrogen-bond acceptors (Lipinski definition) is 5. The summed E-state index contributed by atoms with van der Waals surface area (Å²) >= 11 is 0. The molecule has 0 radical (unpaired) electrons. The Balaban J connectivity index is 4.01. The Morgan fingerprint density at radius 3 is 1.51 bits per heavy atom. The monoisotopic (exact) mass is 635 g/mol. The summed E-state index contributed by atoms with van der Waals surface area (Å²) in [7, 11) is 0. The van der Waals surface area contributed by atoms with E-state index in [0.29, 0.717) is 0 Å². The lowest BCUT2D eigenvalue weighted by molar-refractivity contribution is -0.152. The molecular weight excluding hydrogens is 564 g/mol. The number of esters is 1. The van der Waals surface area contributed by atoms with E-state index in [0.717, 1.165) is 89.9 Å². The van der Waals surface area contributed by atoms with Crippen LogP contribution in [-0.4, -0.2) is 46.6 Å². The van der Waals surface area contributed by atoms with E-state index in [-0.39, 0.29) is 24.9 Å². The molecule has 3 N–H and O–H groups in total. The second kappa shape index (κ2) is 34.9. The first-order valence-electron chi connectivity index (χ1n) is 18.6. The van der Waals surface area contributed by atoms with E-state index in [1.807, 2.05) is 0 Å². The fourth-order valence-electron chi connectivity index (χ4n) is 5.42. The summed E-state index contributed by atoms with van der Waals surface area (Å²) in [5.74, 6) is -1.05. The average molecular weight is 635 g/mol. The average Bonchev–Trinajstić information content (AvgIpc) is 3.03. The van der Waals surface area contributed by atoms with Gasteiger partial charge in [0.05, 0.1) is 12.5 Å². The highest BCUT2D eigenvalue weighted by Gasteiger charge is 2.20. The first-order valence-corrected chi connectivity index (χ1v) is 18.6. The lowest BCUT2D eigenvalue weighted by Gasteiger charge is -2.17. The van der Waals surface area contributed by atoms with E-state index in [1.165, 1.54) is 70.6 Å². The molecule has 6 heteroatoms. The van der Waals surface area contributed by atoms with Crippen LogP contribution in [0.5, 0.6) is 0 Å². The number of carbonyl (C=O) groups excluding carboxylic acids is 1. The number of ether oxygens (including phenoxy) is 1. The zero-order chi connectivity index (χ0) is 33.1. The number of unbranched alkanes of at least 4 members (excludes halogenated alkanes) is 18. The first-order chi connectivity index (χ1) is 22.0. The quantitative estimate of drug-likeness (QED) is 0.0370. The second-order valence-electron chi connectivity index (χ2n) is 12.7. The zero-order valence-corrected chi connectivity index (χ0v) is 29.0. The van der Waals surface area contributed by atoms with Gasteiger partial charge in [-0.1, -0.05) is 127 Å². The van der Waals surface area contributed by atoms with Crippen LogP contribution in [0.3, 0.4) is 0 Å². The van der Waals surface area contributed by atoms with Crippen LogP contribution in [-0.2, 0) is 14.3 Å². The van der Waals surface area contributed by atoms with Crippen molar-refractivity contribution in [2.75, 3.05) is 13.2 Å². The van der Waals surface area contributed by atoms with Gasteiger partial charge in [0.1, 0.15) is 12.7 Å². The van der Waals surface area contributed by atoms with Crippen LogP contribution in [0, 0.1) is 5.92 Å². The molecule has 2 atom stereocenters. The topological polar surface area (TPSA) is 104 Å². The van der Waals surface area contributed by atoms with Gasteiger partial charge in [-0.15, -0.1) is 0 Å².